The van der Waals surface area contributed by atoms with Gasteiger partial charge in [0.05, 0.1) is 4.90 Å². The Labute approximate surface area is 171 Å². The molecule has 0 saturated heterocycles. The molecule has 0 aliphatic rings. The minimum absolute atomic E-state index is 0.0685. The number of carbonyl (C=O) groups excluding carboxylic acids is 2. The first kappa shape index (κ1) is 22.3. The van der Waals surface area contributed by atoms with E-state index in [1.165, 1.54) is 18.2 Å². The van der Waals surface area contributed by atoms with Gasteiger partial charge in [0.25, 0.3) is 5.91 Å². The molecule has 3 N–H and O–H groups in total. The highest BCUT2D eigenvalue weighted by atomic mass is 32.2. The van der Waals surface area contributed by atoms with Crippen LogP contribution < -0.4 is 15.4 Å². The molecule has 0 radical (unpaired) electrons. The number of sulfonamides is 1. The molecule has 0 bridgehead atoms. The second-order valence-electron chi connectivity index (χ2n) is 7.41. The van der Waals surface area contributed by atoms with Crippen LogP contribution >= 0.6 is 0 Å². The maximum absolute atomic E-state index is 12.4. The fourth-order valence-electron chi connectivity index (χ4n) is 2.45. The molecule has 2 aromatic carbocycles. The number of amides is 2. The van der Waals surface area contributed by atoms with Crippen LogP contribution in [0.4, 0.5) is 5.69 Å². The number of carbonyl (C=O) groups is 2. The fraction of sp³-hybridized carbons (Fsp3) is 0.238. The second-order valence-corrected chi connectivity index (χ2v) is 9.09. The lowest BCUT2D eigenvalue weighted by Crippen LogP contribution is -2.40. The zero-order valence-corrected chi connectivity index (χ0v) is 17.6. The molecule has 0 unspecified atom stereocenters. The molecular formula is C21H25N3O4S. The molecule has 0 aliphatic carbocycles. The Balaban J connectivity index is 2.07. The summed E-state index contributed by atoms with van der Waals surface area (Å²) >= 11 is 0. The van der Waals surface area contributed by atoms with Crippen LogP contribution in [-0.4, -0.2) is 32.8 Å². The summed E-state index contributed by atoms with van der Waals surface area (Å²) < 4.78 is 27.4. The van der Waals surface area contributed by atoms with E-state index < -0.39 is 21.5 Å². The van der Waals surface area contributed by atoms with E-state index in [1.54, 1.807) is 70.3 Å². The van der Waals surface area contributed by atoms with Crippen molar-refractivity contribution in [3.05, 3.63) is 65.7 Å². The van der Waals surface area contributed by atoms with Gasteiger partial charge in [-0.15, -0.1) is 0 Å². The maximum atomic E-state index is 12.4. The number of hydrogen-bond donors (Lipinski definition) is 3. The monoisotopic (exact) mass is 415 g/mol. The van der Waals surface area contributed by atoms with Crippen LogP contribution in [0.15, 0.2) is 59.5 Å². The van der Waals surface area contributed by atoms with Crippen LogP contribution in [-0.2, 0) is 14.8 Å². The highest BCUT2D eigenvalue weighted by molar-refractivity contribution is 7.89. The van der Waals surface area contributed by atoms with Gasteiger partial charge in [0, 0.05) is 29.9 Å². The molecule has 2 aromatic rings. The van der Waals surface area contributed by atoms with Gasteiger partial charge < -0.3 is 10.6 Å². The van der Waals surface area contributed by atoms with Gasteiger partial charge >= 0.3 is 0 Å². The molecule has 29 heavy (non-hydrogen) atoms. The third-order valence-electron chi connectivity index (χ3n) is 3.68. The van der Waals surface area contributed by atoms with Gasteiger partial charge in [-0.2, -0.15) is 0 Å². The summed E-state index contributed by atoms with van der Waals surface area (Å²) in [6.07, 6.45) is 2.94. The van der Waals surface area contributed by atoms with E-state index in [0.29, 0.717) is 11.3 Å². The Hall–Kier alpha value is -2.97. The SMILES string of the molecule is CNC(=O)c1ccc(/C=C/C(=O)Nc2cccc(S(=O)(=O)NC(C)(C)C)c2)cc1. The molecule has 2 rings (SSSR count). The summed E-state index contributed by atoms with van der Waals surface area (Å²) in [4.78, 5) is 23.8. The first-order chi connectivity index (χ1) is 13.5. The average Bonchev–Trinajstić information content (AvgIpc) is 2.64. The van der Waals surface area contributed by atoms with E-state index in [9.17, 15) is 18.0 Å². The predicted octanol–water partition coefficient (Wildman–Crippen LogP) is 2.77. The summed E-state index contributed by atoms with van der Waals surface area (Å²) in [6.45, 7) is 5.26. The minimum atomic E-state index is -3.70. The Morgan fingerprint density at radius 3 is 2.24 bits per heavy atom. The van der Waals surface area contributed by atoms with Gasteiger partial charge in [-0.25, -0.2) is 13.1 Å². The smallest absolute Gasteiger partial charge is 0.251 e. The van der Waals surface area contributed by atoms with Crippen molar-refractivity contribution in [1.29, 1.82) is 0 Å². The Kier molecular flexibility index (Phi) is 6.94. The molecule has 0 fully saturated rings. The molecule has 0 heterocycles. The standard InChI is InChI=1S/C21H25N3O4S/c1-21(2,3)24-29(27,28)18-7-5-6-17(14-18)23-19(25)13-10-15-8-11-16(12-9-15)20(26)22-4/h5-14,24H,1-4H3,(H,22,26)(H,23,25)/b13-10+. The van der Waals surface area contributed by atoms with E-state index in [4.69, 9.17) is 0 Å². The van der Waals surface area contributed by atoms with Gasteiger partial charge in [0.1, 0.15) is 0 Å². The van der Waals surface area contributed by atoms with Gasteiger partial charge in [0.15, 0.2) is 0 Å². The van der Waals surface area contributed by atoms with Crippen LogP contribution in [0.25, 0.3) is 6.08 Å². The lowest BCUT2D eigenvalue weighted by Gasteiger charge is -2.20. The van der Waals surface area contributed by atoms with E-state index in [0.717, 1.165) is 5.56 Å². The third-order valence-corrected chi connectivity index (χ3v) is 5.44. The zero-order chi connectivity index (χ0) is 21.7. The van der Waals surface area contributed by atoms with Crippen molar-refractivity contribution in [2.75, 3.05) is 12.4 Å². The van der Waals surface area contributed by atoms with Crippen molar-refractivity contribution < 1.29 is 18.0 Å². The lowest BCUT2D eigenvalue weighted by molar-refractivity contribution is -0.111. The summed E-state index contributed by atoms with van der Waals surface area (Å²) in [5.74, 6) is -0.590. The van der Waals surface area contributed by atoms with Crippen LogP contribution in [0.2, 0.25) is 0 Å². The molecule has 2 amide bonds. The summed E-state index contributed by atoms with van der Waals surface area (Å²) in [5.41, 5.74) is 1.02. The van der Waals surface area contributed by atoms with E-state index in [1.807, 2.05) is 0 Å². The van der Waals surface area contributed by atoms with Gasteiger partial charge in [-0.1, -0.05) is 18.2 Å². The van der Waals surface area contributed by atoms with Crippen molar-refractivity contribution in [3.8, 4) is 0 Å². The number of benzene rings is 2. The summed E-state index contributed by atoms with van der Waals surface area (Å²) in [7, 11) is -2.14. The van der Waals surface area contributed by atoms with Gasteiger partial charge in [0.2, 0.25) is 15.9 Å². The normalized spacial score (nSPS) is 12.0. The minimum Gasteiger partial charge on any atom is -0.355 e. The number of anilines is 1. The van der Waals surface area contributed by atoms with Crippen LogP contribution in [0.5, 0.6) is 0 Å². The first-order valence-electron chi connectivity index (χ1n) is 8.95. The van der Waals surface area contributed by atoms with E-state index >= 15 is 0 Å². The van der Waals surface area contributed by atoms with E-state index in [2.05, 4.69) is 15.4 Å². The van der Waals surface area contributed by atoms with Gasteiger partial charge in [-0.3, -0.25) is 9.59 Å². The largest absolute Gasteiger partial charge is 0.355 e. The number of hydrogen-bond acceptors (Lipinski definition) is 4. The predicted molar refractivity (Wildman–Crippen MR) is 114 cm³/mol. The maximum Gasteiger partial charge on any atom is 0.251 e. The zero-order valence-electron chi connectivity index (χ0n) is 16.8. The molecule has 0 atom stereocenters. The molecule has 0 aromatic heterocycles. The first-order valence-corrected chi connectivity index (χ1v) is 10.4. The summed E-state index contributed by atoms with van der Waals surface area (Å²) in [5, 5.41) is 5.18. The Morgan fingerprint density at radius 1 is 1.00 bits per heavy atom. The molecule has 0 spiro atoms. The molecule has 8 heteroatoms. The van der Waals surface area contributed by atoms with E-state index in [-0.39, 0.29) is 10.8 Å². The average molecular weight is 416 g/mol. The van der Waals surface area contributed by atoms with Crippen molar-refractivity contribution in [3.63, 3.8) is 0 Å². The van der Waals surface area contributed by atoms with Crippen LogP contribution in [0, 0.1) is 0 Å². The topological polar surface area (TPSA) is 104 Å². The quantitative estimate of drug-likeness (QED) is 0.631. The van der Waals surface area contributed by atoms with Crippen molar-refractivity contribution >= 4 is 33.6 Å². The fourth-order valence-corrected chi connectivity index (χ4v) is 3.91. The van der Waals surface area contributed by atoms with Crippen molar-refractivity contribution in [2.24, 2.45) is 0 Å². The number of nitrogens with one attached hydrogen (secondary N) is 3. The Bertz CT molecular complexity index is 1020. The molecular weight excluding hydrogens is 390 g/mol. The summed E-state index contributed by atoms with van der Waals surface area (Å²) in [6, 6.07) is 12.8. The second kappa shape index (κ2) is 9.02. The molecule has 0 aliphatic heterocycles. The van der Waals surface area contributed by atoms with Crippen molar-refractivity contribution in [1.82, 2.24) is 10.0 Å². The van der Waals surface area contributed by atoms with Crippen molar-refractivity contribution in [2.45, 2.75) is 31.2 Å². The molecule has 7 nitrogen and oxygen atoms in total. The number of rotatable bonds is 6. The Morgan fingerprint density at radius 2 is 1.66 bits per heavy atom. The van der Waals surface area contributed by atoms with Crippen LogP contribution in [0.3, 0.4) is 0 Å². The lowest BCUT2D eigenvalue weighted by atomic mass is 10.1. The highest BCUT2D eigenvalue weighted by Crippen LogP contribution is 2.17. The molecule has 154 valence electrons. The third kappa shape index (κ3) is 6.85. The van der Waals surface area contributed by atoms with Crippen LogP contribution in [0.1, 0.15) is 36.7 Å². The molecule has 0 saturated carbocycles. The van der Waals surface area contributed by atoms with Gasteiger partial charge in [-0.05, 0) is 62.7 Å². The highest BCUT2D eigenvalue weighted by Gasteiger charge is 2.22.